The number of carbonyl (C=O) groups excluding carboxylic acids is 1. The number of ether oxygens (including phenoxy) is 1. The van der Waals surface area contributed by atoms with Gasteiger partial charge in [-0.1, -0.05) is 0 Å². The molecule has 1 fully saturated rings. The number of carbonyl (C=O) groups is 1. The van der Waals surface area contributed by atoms with Crippen LogP contribution in [0.25, 0.3) is 0 Å². The van der Waals surface area contributed by atoms with Gasteiger partial charge in [-0.25, -0.2) is 0 Å². The van der Waals surface area contributed by atoms with E-state index in [9.17, 15) is 4.79 Å². The number of halogens is 1. The van der Waals surface area contributed by atoms with E-state index in [0.29, 0.717) is 32.3 Å². The molecule has 1 aliphatic heterocycles. The summed E-state index contributed by atoms with van der Waals surface area (Å²) >= 11 is 0. The maximum absolute atomic E-state index is 11.6. The second-order valence-electron chi connectivity index (χ2n) is 4.07. The number of nitrogens with one attached hydrogen (secondary N) is 2. The maximum Gasteiger partial charge on any atom is 0.234 e. The molecule has 0 aromatic carbocycles. The molecule has 2 N–H and O–H groups in total. The minimum Gasteiger partial charge on any atom is -0.380 e. The molecular formula is C11H24ClN3O2. The molecule has 0 unspecified atom stereocenters. The third-order valence-electron chi connectivity index (χ3n) is 2.76. The summed E-state index contributed by atoms with van der Waals surface area (Å²) in [6, 6.07) is 0.436. The molecule has 0 saturated carbocycles. The van der Waals surface area contributed by atoms with Gasteiger partial charge in [0, 0.05) is 38.8 Å². The van der Waals surface area contributed by atoms with E-state index < -0.39 is 0 Å². The van der Waals surface area contributed by atoms with Gasteiger partial charge < -0.3 is 15.4 Å². The molecule has 17 heavy (non-hydrogen) atoms. The van der Waals surface area contributed by atoms with E-state index >= 15 is 0 Å². The largest absolute Gasteiger partial charge is 0.380 e. The Morgan fingerprint density at radius 3 is 3.00 bits per heavy atom. The fourth-order valence-corrected chi connectivity index (χ4v) is 1.77. The summed E-state index contributed by atoms with van der Waals surface area (Å²) < 4.78 is 5.16. The van der Waals surface area contributed by atoms with Gasteiger partial charge in [-0.15, -0.1) is 12.4 Å². The highest BCUT2D eigenvalue weighted by Gasteiger charge is 2.19. The number of nitrogens with zero attached hydrogens (tertiary/aromatic N) is 1. The molecule has 1 rings (SSSR count). The smallest absolute Gasteiger partial charge is 0.234 e. The minimum absolute atomic E-state index is 0. The average Bonchev–Trinajstić information content (AvgIpc) is 2.28. The molecule has 1 aliphatic rings. The third-order valence-corrected chi connectivity index (χ3v) is 2.76. The number of rotatable bonds is 6. The Morgan fingerprint density at radius 1 is 1.59 bits per heavy atom. The number of hydrogen-bond acceptors (Lipinski definition) is 4. The number of hydrogen-bond donors (Lipinski definition) is 2. The summed E-state index contributed by atoms with van der Waals surface area (Å²) in [5.74, 6) is 0.0912. The van der Waals surface area contributed by atoms with Gasteiger partial charge in [-0.3, -0.25) is 9.69 Å². The van der Waals surface area contributed by atoms with Gasteiger partial charge >= 0.3 is 0 Å². The fraction of sp³-hybridized carbons (Fsp3) is 0.909. The van der Waals surface area contributed by atoms with Crippen molar-refractivity contribution in [2.45, 2.75) is 19.9 Å². The highest BCUT2D eigenvalue weighted by molar-refractivity contribution is 5.85. The predicted molar refractivity (Wildman–Crippen MR) is 70.7 cm³/mol. The van der Waals surface area contributed by atoms with Gasteiger partial charge in [0.25, 0.3) is 0 Å². The predicted octanol–water partition coefficient (Wildman–Crippen LogP) is -0.145. The summed E-state index contributed by atoms with van der Waals surface area (Å²) in [4.78, 5) is 13.8. The van der Waals surface area contributed by atoms with Crippen molar-refractivity contribution in [1.29, 1.82) is 0 Å². The molecule has 1 heterocycles. The zero-order valence-corrected chi connectivity index (χ0v) is 11.5. The first-order chi connectivity index (χ1) is 7.74. The standard InChI is InChI=1S/C11H23N3O2.ClH/c1-3-16-7-5-13-11(15)9-14-6-4-12-8-10(14)2;/h10,12H,3-9H2,1-2H3,(H,13,15);1H/t10-;/m0./s1. The SMILES string of the molecule is CCOCCNC(=O)CN1CCNC[C@@H]1C.Cl. The van der Waals surface area contributed by atoms with E-state index in [2.05, 4.69) is 22.5 Å². The van der Waals surface area contributed by atoms with Crippen molar-refractivity contribution in [2.24, 2.45) is 0 Å². The number of piperazine rings is 1. The van der Waals surface area contributed by atoms with Crippen molar-refractivity contribution in [1.82, 2.24) is 15.5 Å². The summed E-state index contributed by atoms with van der Waals surface area (Å²) in [6.07, 6.45) is 0. The Hall–Kier alpha value is -0.360. The molecule has 0 radical (unpaired) electrons. The van der Waals surface area contributed by atoms with Gasteiger partial charge in [-0.05, 0) is 13.8 Å². The van der Waals surface area contributed by atoms with E-state index in [1.807, 2.05) is 6.92 Å². The van der Waals surface area contributed by atoms with Crippen LogP contribution in [0.5, 0.6) is 0 Å². The molecular weight excluding hydrogens is 242 g/mol. The highest BCUT2D eigenvalue weighted by Crippen LogP contribution is 2.00. The lowest BCUT2D eigenvalue weighted by Gasteiger charge is -2.33. The first kappa shape index (κ1) is 16.6. The van der Waals surface area contributed by atoms with Crippen LogP contribution in [0.3, 0.4) is 0 Å². The zero-order valence-electron chi connectivity index (χ0n) is 10.7. The van der Waals surface area contributed by atoms with Crippen LogP contribution in [0.15, 0.2) is 0 Å². The lowest BCUT2D eigenvalue weighted by atomic mass is 10.2. The van der Waals surface area contributed by atoms with Crippen molar-refractivity contribution >= 4 is 18.3 Å². The lowest BCUT2D eigenvalue weighted by Crippen LogP contribution is -2.52. The summed E-state index contributed by atoms with van der Waals surface area (Å²) in [5.41, 5.74) is 0. The molecule has 1 saturated heterocycles. The monoisotopic (exact) mass is 265 g/mol. The molecule has 102 valence electrons. The topological polar surface area (TPSA) is 53.6 Å². The molecule has 5 nitrogen and oxygen atoms in total. The Labute approximate surface area is 110 Å². The molecule has 0 spiro atoms. The molecule has 0 aliphatic carbocycles. The van der Waals surface area contributed by atoms with Crippen molar-refractivity contribution in [3.8, 4) is 0 Å². The van der Waals surface area contributed by atoms with Gasteiger partial charge in [0.1, 0.15) is 0 Å². The van der Waals surface area contributed by atoms with E-state index in [-0.39, 0.29) is 18.3 Å². The Kier molecular flexibility index (Phi) is 9.44. The van der Waals surface area contributed by atoms with E-state index in [1.54, 1.807) is 0 Å². The third kappa shape index (κ3) is 6.83. The normalized spacial score (nSPS) is 20.7. The van der Waals surface area contributed by atoms with Gasteiger partial charge in [0.15, 0.2) is 0 Å². The second-order valence-corrected chi connectivity index (χ2v) is 4.07. The Balaban J connectivity index is 0.00000256. The van der Waals surface area contributed by atoms with Crippen molar-refractivity contribution in [2.75, 3.05) is 45.9 Å². The average molecular weight is 266 g/mol. The zero-order chi connectivity index (χ0) is 11.8. The van der Waals surface area contributed by atoms with Crippen LogP contribution in [0.1, 0.15) is 13.8 Å². The summed E-state index contributed by atoms with van der Waals surface area (Å²) in [5, 5.41) is 6.16. The second kappa shape index (κ2) is 9.65. The molecule has 0 aromatic heterocycles. The first-order valence-electron chi connectivity index (χ1n) is 6.03. The minimum atomic E-state index is 0. The highest BCUT2D eigenvalue weighted by atomic mass is 35.5. The van der Waals surface area contributed by atoms with Crippen LogP contribution in [0, 0.1) is 0 Å². The maximum atomic E-state index is 11.6. The van der Waals surface area contributed by atoms with E-state index in [0.717, 1.165) is 19.6 Å². The van der Waals surface area contributed by atoms with Crippen LogP contribution in [0.4, 0.5) is 0 Å². The van der Waals surface area contributed by atoms with Crippen LogP contribution in [0.2, 0.25) is 0 Å². The summed E-state index contributed by atoms with van der Waals surface area (Å²) in [7, 11) is 0. The Morgan fingerprint density at radius 2 is 2.35 bits per heavy atom. The van der Waals surface area contributed by atoms with Crippen molar-refractivity contribution < 1.29 is 9.53 Å². The van der Waals surface area contributed by atoms with Gasteiger partial charge in [0.05, 0.1) is 13.2 Å². The first-order valence-corrected chi connectivity index (χ1v) is 6.03. The quantitative estimate of drug-likeness (QED) is 0.656. The van der Waals surface area contributed by atoms with E-state index in [1.165, 1.54) is 0 Å². The molecule has 6 heteroatoms. The molecule has 0 bridgehead atoms. The van der Waals surface area contributed by atoms with Gasteiger partial charge in [-0.2, -0.15) is 0 Å². The molecule has 1 amide bonds. The van der Waals surface area contributed by atoms with Crippen LogP contribution >= 0.6 is 12.4 Å². The van der Waals surface area contributed by atoms with Crippen molar-refractivity contribution in [3.63, 3.8) is 0 Å². The summed E-state index contributed by atoms with van der Waals surface area (Å²) in [6.45, 7) is 9.36. The Bertz CT molecular complexity index is 217. The number of amides is 1. The molecule has 0 aromatic rings. The van der Waals surface area contributed by atoms with Crippen LogP contribution in [-0.4, -0.2) is 62.8 Å². The van der Waals surface area contributed by atoms with Crippen LogP contribution in [-0.2, 0) is 9.53 Å². The molecule has 1 atom stereocenters. The van der Waals surface area contributed by atoms with Crippen LogP contribution < -0.4 is 10.6 Å². The van der Waals surface area contributed by atoms with Gasteiger partial charge in [0.2, 0.25) is 5.91 Å². The fourth-order valence-electron chi connectivity index (χ4n) is 1.77. The lowest BCUT2D eigenvalue weighted by molar-refractivity contribution is -0.123. The van der Waals surface area contributed by atoms with Crippen molar-refractivity contribution in [3.05, 3.63) is 0 Å². The van der Waals surface area contributed by atoms with E-state index in [4.69, 9.17) is 4.74 Å².